The van der Waals surface area contributed by atoms with E-state index in [4.69, 9.17) is 11.6 Å². The zero-order valence-corrected chi connectivity index (χ0v) is 23.6. The third-order valence-corrected chi connectivity index (χ3v) is 7.99. The predicted molar refractivity (Wildman–Crippen MR) is 150 cm³/mol. The van der Waals surface area contributed by atoms with Crippen LogP contribution >= 0.6 is 11.6 Å². The molecule has 2 heterocycles. The van der Waals surface area contributed by atoms with E-state index in [1.54, 1.807) is 4.68 Å². The molecule has 206 valence electrons. The summed E-state index contributed by atoms with van der Waals surface area (Å²) in [4.78, 5) is 28.9. The summed E-state index contributed by atoms with van der Waals surface area (Å²) in [5.41, 5.74) is 3.29. The Morgan fingerprint density at radius 2 is 1.79 bits per heavy atom. The summed E-state index contributed by atoms with van der Waals surface area (Å²) in [7, 11) is 0. The second kappa shape index (κ2) is 10.7. The van der Waals surface area contributed by atoms with Crippen LogP contribution in [0.5, 0.6) is 0 Å². The van der Waals surface area contributed by atoms with Crippen molar-refractivity contribution in [2.75, 3.05) is 6.54 Å². The predicted octanol–water partition coefficient (Wildman–Crippen LogP) is 4.90. The summed E-state index contributed by atoms with van der Waals surface area (Å²) in [6, 6.07) is 13.9. The standard InChI is InChI=1S/C30H36ClN5O3/c1-18(19-9-11-20(12-10-19)23-7-5-6-8-24(23)31)32-28(38)26-15-22(37)16-35(26)29(39)27(30(2,3)4)36-17-25(33-34-36)21-13-14-21/h5-12,17-18,21-22,26-27,37H,13-16H2,1-4H3,(H,32,38). The molecule has 3 aromatic rings. The zero-order chi connectivity index (χ0) is 27.9. The summed E-state index contributed by atoms with van der Waals surface area (Å²) in [6.07, 6.45) is 3.47. The lowest BCUT2D eigenvalue weighted by molar-refractivity contribution is -0.144. The van der Waals surface area contributed by atoms with Gasteiger partial charge in [-0.15, -0.1) is 5.10 Å². The summed E-state index contributed by atoms with van der Waals surface area (Å²) in [5.74, 6) is -0.0995. The highest BCUT2D eigenvalue weighted by Crippen LogP contribution is 2.40. The third kappa shape index (κ3) is 5.87. The maximum absolute atomic E-state index is 13.9. The number of nitrogens with one attached hydrogen (secondary N) is 1. The summed E-state index contributed by atoms with van der Waals surface area (Å²) in [5, 5.41) is 22.8. The van der Waals surface area contributed by atoms with Gasteiger partial charge in [-0.1, -0.05) is 80.1 Å². The zero-order valence-electron chi connectivity index (χ0n) is 22.8. The molecular formula is C30H36ClN5O3. The molecule has 1 saturated heterocycles. The number of aromatic nitrogens is 3. The second-order valence-electron chi connectivity index (χ2n) is 11.9. The number of aliphatic hydroxyl groups excluding tert-OH is 1. The number of benzene rings is 2. The van der Waals surface area contributed by atoms with Gasteiger partial charge in [0.1, 0.15) is 12.1 Å². The summed E-state index contributed by atoms with van der Waals surface area (Å²) < 4.78 is 1.64. The highest BCUT2D eigenvalue weighted by atomic mass is 35.5. The Morgan fingerprint density at radius 3 is 2.44 bits per heavy atom. The van der Waals surface area contributed by atoms with Gasteiger partial charge in [0.05, 0.1) is 17.8 Å². The molecule has 1 saturated carbocycles. The van der Waals surface area contributed by atoms with Crippen molar-refractivity contribution in [1.82, 2.24) is 25.2 Å². The lowest BCUT2D eigenvalue weighted by Crippen LogP contribution is -2.50. The molecule has 2 fully saturated rings. The van der Waals surface area contributed by atoms with Gasteiger partial charge >= 0.3 is 0 Å². The molecule has 2 amide bonds. The Morgan fingerprint density at radius 1 is 1.10 bits per heavy atom. The number of β-amino-alcohol motifs (C(OH)–C–C–N with tert-alkyl or cyclic N) is 1. The van der Waals surface area contributed by atoms with Gasteiger partial charge in [-0.2, -0.15) is 0 Å². The number of carbonyl (C=O) groups is 2. The molecule has 2 aliphatic rings. The van der Waals surface area contributed by atoms with E-state index in [1.807, 2.05) is 82.4 Å². The molecule has 2 N–H and O–H groups in total. The molecule has 1 aromatic heterocycles. The molecular weight excluding hydrogens is 514 g/mol. The molecule has 9 heteroatoms. The first-order chi connectivity index (χ1) is 18.5. The van der Waals surface area contributed by atoms with E-state index in [1.165, 1.54) is 4.90 Å². The normalized spacial score (nSPS) is 21.0. The van der Waals surface area contributed by atoms with Crippen molar-refractivity contribution in [3.63, 3.8) is 0 Å². The smallest absolute Gasteiger partial charge is 0.248 e. The van der Waals surface area contributed by atoms with Crippen LogP contribution in [0.1, 0.15) is 76.2 Å². The van der Waals surface area contributed by atoms with Crippen molar-refractivity contribution in [3.8, 4) is 11.1 Å². The second-order valence-corrected chi connectivity index (χ2v) is 12.3. The summed E-state index contributed by atoms with van der Waals surface area (Å²) >= 11 is 6.34. The number of rotatable bonds is 7. The molecule has 4 unspecified atom stereocenters. The van der Waals surface area contributed by atoms with Gasteiger partial charge < -0.3 is 15.3 Å². The van der Waals surface area contributed by atoms with Crippen molar-refractivity contribution < 1.29 is 14.7 Å². The Labute approximate surface area is 234 Å². The molecule has 0 bridgehead atoms. The Kier molecular flexibility index (Phi) is 7.53. The molecule has 1 aliphatic heterocycles. The summed E-state index contributed by atoms with van der Waals surface area (Å²) in [6.45, 7) is 7.94. The first-order valence-corrected chi connectivity index (χ1v) is 14.0. The van der Waals surface area contributed by atoms with Crippen LogP contribution in [0.3, 0.4) is 0 Å². The number of hydrogen-bond donors (Lipinski definition) is 2. The maximum atomic E-state index is 13.9. The lowest BCUT2D eigenvalue weighted by Gasteiger charge is -2.34. The molecule has 5 rings (SSSR count). The number of carbonyl (C=O) groups excluding carboxylic acids is 2. The van der Waals surface area contributed by atoms with E-state index in [9.17, 15) is 14.7 Å². The van der Waals surface area contributed by atoms with Crippen LogP contribution in [0.25, 0.3) is 11.1 Å². The number of amides is 2. The molecule has 4 atom stereocenters. The quantitative estimate of drug-likeness (QED) is 0.436. The molecule has 0 radical (unpaired) electrons. The largest absolute Gasteiger partial charge is 0.391 e. The first kappa shape index (κ1) is 27.3. The van der Waals surface area contributed by atoms with Crippen LogP contribution in [0.15, 0.2) is 54.7 Å². The van der Waals surface area contributed by atoms with Crippen LogP contribution < -0.4 is 5.32 Å². The van der Waals surface area contributed by atoms with E-state index in [0.29, 0.717) is 10.9 Å². The Balaban J connectivity index is 1.31. The van der Waals surface area contributed by atoms with Crippen molar-refractivity contribution in [3.05, 3.63) is 71.0 Å². The van der Waals surface area contributed by atoms with Crippen molar-refractivity contribution >= 4 is 23.4 Å². The number of nitrogens with zero attached hydrogens (tertiary/aromatic N) is 4. The van der Waals surface area contributed by atoms with E-state index >= 15 is 0 Å². The van der Waals surface area contributed by atoms with Crippen LogP contribution in [0.4, 0.5) is 0 Å². The van der Waals surface area contributed by atoms with Gasteiger partial charge in [0.15, 0.2) is 0 Å². The fourth-order valence-electron chi connectivity index (χ4n) is 5.37. The van der Waals surface area contributed by atoms with E-state index in [2.05, 4.69) is 15.6 Å². The van der Waals surface area contributed by atoms with Gasteiger partial charge in [0, 0.05) is 35.7 Å². The van der Waals surface area contributed by atoms with Gasteiger partial charge in [0.25, 0.3) is 0 Å². The van der Waals surface area contributed by atoms with Gasteiger partial charge in [0.2, 0.25) is 11.8 Å². The number of likely N-dealkylation sites (tertiary alicyclic amines) is 1. The molecule has 39 heavy (non-hydrogen) atoms. The van der Waals surface area contributed by atoms with E-state index in [-0.39, 0.29) is 30.8 Å². The fourth-order valence-corrected chi connectivity index (χ4v) is 5.61. The molecule has 2 aromatic carbocycles. The molecule has 1 aliphatic carbocycles. The average molecular weight is 550 g/mol. The number of halogens is 1. The highest BCUT2D eigenvalue weighted by Gasteiger charge is 2.45. The van der Waals surface area contributed by atoms with Crippen LogP contribution in [0, 0.1) is 5.41 Å². The van der Waals surface area contributed by atoms with Gasteiger partial charge in [-0.3, -0.25) is 9.59 Å². The third-order valence-electron chi connectivity index (χ3n) is 7.66. The maximum Gasteiger partial charge on any atom is 0.248 e. The fraction of sp³-hybridized carbons (Fsp3) is 0.467. The van der Waals surface area contributed by atoms with Crippen LogP contribution in [-0.4, -0.2) is 55.5 Å². The van der Waals surface area contributed by atoms with E-state index < -0.39 is 23.6 Å². The topological polar surface area (TPSA) is 100 Å². The van der Waals surface area contributed by atoms with Crippen molar-refractivity contribution in [1.29, 1.82) is 0 Å². The SMILES string of the molecule is CC(NC(=O)C1CC(O)CN1C(=O)C(n1cc(C2CC2)nn1)C(C)(C)C)c1ccc(-c2ccccc2Cl)cc1. The van der Waals surface area contributed by atoms with Crippen molar-refractivity contribution in [2.45, 2.75) is 77.1 Å². The highest BCUT2D eigenvalue weighted by molar-refractivity contribution is 6.33. The van der Waals surface area contributed by atoms with Crippen LogP contribution in [-0.2, 0) is 9.59 Å². The first-order valence-electron chi connectivity index (χ1n) is 13.6. The minimum absolute atomic E-state index is 0.106. The average Bonchev–Trinajstić information content (AvgIpc) is 3.50. The molecule has 8 nitrogen and oxygen atoms in total. The van der Waals surface area contributed by atoms with Gasteiger partial charge in [-0.05, 0) is 42.4 Å². The Bertz CT molecular complexity index is 1350. The monoisotopic (exact) mass is 549 g/mol. The van der Waals surface area contributed by atoms with Crippen molar-refractivity contribution in [2.24, 2.45) is 5.41 Å². The number of aliphatic hydroxyl groups is 1. The minimum Gasteiger partial charge on any atom is -0.391 e. The Hall–Kier alpha value is -3.23. The van der Waals surface area contributed by atoms with E-state index in [0.717, 1.165) is 35.2 Å². The van der Waals surface area contributed by atoms with Gasteiger partial charge in [-0.25, -0.2) is 4.68 Å². The lowest BCUT2D eigenvalue weighted by atomic mass is 9.85. The van der Waals surface area contributed by atoms with Crippen LogP contribution in [0.2, 0.25) is 5.02 Å². The molecule has 0 spiro atoms. The minimum atomic E-state index is -0.770. The number of hydrogen-bond acceptors (Lipinski definition) is 5.